The highest BCUT2D eigenvalue weighted by molar-refractivity contribution is 5.34. The van der Waals surface area contributed by atoms with E-state index in [9.17, 15) is 0 Å². The Labute approximate surface area is 82.2 Å². The lowest BCUT2D eigenvalue weighted by molar-refractivity contribution is 0.706. The van der Waals surface area contributed by atoms with Crippen LogP contribution in [0, 0.1) is 0 Å². The summed E-state index contributed by atoms with van der Waals surface area (Å²) >= 11 is 0. The lowest BCUT2D eigenvalue weighted by atomic mass is 10.0. The second kappa shape index (κ2) is 5.76. The Morgan fingerprint density at radius 1 is 1.46 bits per heavy atom. The summed E-state index contributed by atoms with van der Waals surface area (Å²) in [4.78, 5) is 0. The van der Waals surface area contributed by atoms with E-state index in [-0.39, 0.29) is 0 Å². The summed E-state index contributed by atoms with van der Waals surface area (Å²) in [6.07, 6.45) is 3.15. The maximum atomic E-state index is 4.02. The molecule has 0 aliphatic carbocycles. The Morgan fingerprint density at radius 2 is 2.00 bits per heavy atom. The van der Waals surface area contributed by atoms with Gasteiger partial charge in [-0.2, -0.15) is 0 Å². The van der Waals surface area contributed by atoms with Gasteiger partial charge in [0, 0.05) is 6.04 Å². The van der Waals surface area contributed by atoms with Crippen LogP contribution < -0.4 is 5.32 Å². The van der Waals surface area contributed by atoms with Crippen LogP contribution >= 0.6 is 0 Å². The first kappa shape index (κ1) is 12.2. The molecule has 0 aliphatic rings. The van der Waals surface area contributed by atoms with E-state index in [2.05, 4.69) is 38.4 Å². The molecule has 13 heavy (non-hydrogen) atoms. The molecular formula is C12H21N. The Morgan fingerprint density at radius 3 is 2.31 bits per heavy atom. The van der Waals surface area contributed by atoms with Crippen molar-refractivity contribution in [2.24, 2.45) is 0 Å². The number of hydrogen-bond donors (Lipinski definition) is 1. The third-order valence-electron chi connectivity index (χ3n) is 2.28. The van der Waals surface area contributed by atoms with E-state index in [1.54, 1.807) is 0 Å². The zero-order chi connectivity index (χ0) is 10.4. The molecule has 0 aliphatic heterocycles. The fraction of sp³-hybridized carbons (Fsp3) is 0.500. The van der Waals surface area contributed by atoms with E-state index in [1.165, 1.54) is 5.57 Å². The van der Waals surface area contributed by atoms with Gasteiger partial charge in [0.2, 0.25) is 0 Å². The highest BCUT2D eigenvalue weighted by atomic mass is 14.9. The highest BCUT2D eigenvalue weighted by Crippen LogP contribution is 2.14. The molecule has 0 aromatic heterocycles. The fourth-order valence-electron chi connectivity index (χ4n) is 1.06. The summed E-state index contributed by atoms with van der Waals surface area (Å²) in [5, 5.41) is 3.16. The van der Waals surface area contributed by atoms with Crippen LogP contribution in [-0.2, 0) is 0 Å². The van der Waals surface area contributed by atoms with E-state index < -0.39 is 0 Å². The third-order valence-corrected chi connectivity index (χ3v) is 2.28. The van der Waals surface area contributed by atoms with E-state index in [4.69, 9.17) is 0 Å². The standard InChI is InChI=1S/C12H21N/c1-7-12(9(2)3)8-10(4)11(5)13-6/h8,11,13H,2,4,7H2,1,3,5-6H3/b12-8+. The van der Waals surface area contributed by atoms with Gasteiger partial charge in [-0.3, -0.25) is 0 Å². The second-order valence-electron chi connectivity index (χ2n) is 3.39. The summed E-state index contributed by atoms with van der Waals surface area (Å²) in [5.74, 6) is 0. The average Bonchev–Trinajstić information content (AvgIpc) is 2.11. The van der Waals surface area contributed by atoms with E-state index >= 15 is 0 Å². The van der Waals surface area contributed by atoms with Crippen molar-refractivity contribution in [2.45, 2.75) is 33.2 Å². The topological polar surface area (TPSA) is 12.0 Å². The smallest absolute Gasteiger partial charge is 0.0283 e. The molecule has 0 aromatic rings. The lowest BCUT2D eigenvalue weighted by Gasteiger charge is -2.12. The maximum Gasteiger partial charge on any atom is 0.0283 e. The SMILES string of the molecule is C=C(C)/C(=C/C(=C)C(C)NC)CC. The number of hydrogen-bond acceptors (Lipinski definition) is 1. The number of likely N-dealkylation sites (N-methyl/N-ethyl adjacent to an activating group) is 1. The van der Waals surface area contributed by atoms with Crippen LogP contribution in [0.4, 0.5) is 0 Å². The second-order valence-corrected chi connectivity index (χ2v) is 3.39. The number of rotatable bonds is 5. The van der Waals surface area contributed by atoms with Gasteiger partial charge in [-0.25, -0.2) is 0 Å². The predicted octanol–water partition coefficient (Wildman–Crippen LogP) is 3.06. The zero-order valence-corrected chi connectivity index (χ0v) is 9.28. The fourth-order valence-corrected chi connectivity index (χ4v) is 1.06. The van der Waals surface area contributed by atoms with Crippen LogP contribution in [0.1, 0.15) is 27.2 Å². The summed E-state index contributed by atoms with van der Waals surface area (Å²) in [6.45, 7) is 14.2. The van der Waals surface area contributed by atoms with Gasteiger partial charge in [0.05, 0.1) is 0 Å². The molecule has 1 heteroatoms. The molecule has 74 valence electrons. The lowest BCUT2D eigenvalue weighted by Crippen LogP contribution is -2.22. The first-order valence-electron chi connectivity index (χ1n) is 4.75. The predicted molar refractivity (Wildman–Crippen MR) is 60.8 cm³/mol. The molecule has 1 unspecified atom stereocenters. The van der Waals surface area contributed by atoms with Crippen LogP contribution in [0.25, 0.3) is 0 Å². The molecule has 0 amide bonds. The molecule has 0 aromatic carbocycles. The molecule has 0 saturated heterocycles. The first-order valence-corrected chi connectivity index (χ1v) is 4.75. The Bertz CT molecular complexity index is 223. The third kappa shape index (κ3) is 4.09. The first-order chi connectivity index (χ1) is 6.02. The van der Waals surface area contributed by atoms with Gasteiger partial charge in [0.15, 0.2) is 0 Å². The summed E-state index contributed by atoms with van der Waals surface area (Å²) in [5.41, 5.74) is 3.53. The van der Waals surface area contributed by atoms with Gasteiger partial charge >= 0.3 is 0 Å². The number of nitrogens with one attached hydrogen (secondary N) is 1. The van der Waals surface area contributed by atoms with Crippen LogP contribution in [0.5, 0.6) is 0 Å². The minimum atomic E-state index is 0.334. The van der Waals surface area contributed by atoms with Crippen LogP contribution in [0.15, 0.2) is 36.0 Å². The molecule has 0 radical (unpaired) electrons. The molecule has 0 bridgehead atoms. The van der Waals surface area contributed by atoms with Crippen molar-refractivity contribution in [3.8, 4) is 0 Å². The van der Waals surface area contributed by atoms with Gasteiger partial charge in [-0.1, -0.05) is 31.7 Å². The van der Waals surface area contributed by atoms with Crippen molar-refractivity contribution in [1.29, 1.82) is 0 Å². The van der Waals surface area contributed by atoms with E-state index in [0.717, 1.165) is 17.6 Å². The Kier molecular flexibility index (Phi) is 5.40. The molecule has 0 saturated carbocycles. The molecule has 0 spiro atoms. The van der Waals surface area contributed by atoms with Gasteiger partial charge < -0.3 is 5.32 Å². The van der Waals surface area contributed by atoms with Crippen LogP contribution in [0.3, 0.4) is 0 Å². The monoisotopic (exact) mass is 179 g/mol. The Balaban J connectivity index is 4.51. The minimum Gasteiger partial charge on any atom is -0.313 e. The Hall–Kier alpha value is -0.820. The maximum absolute atomic E-state index is 4.02. The number of allylic oxidation sites excluding steroid dienone is 2. The van der Waals surface area contributed by atoms with Gasteiger partial charge in [0.1, 0.15) is 0 Å². The quantitative estimate of drug-likeness (QED) is 0.640. The molecular weight excluding hydrogens is 158 g/mol. The van der Waals surface area contributed by atoms with Gasteiger partial charge in [-0.15, -0.1) is 0 Å². The van der Waals surface area contributed by atoms with Crippen molar-refractivity contribution in [3.05, 3.63) is 36.0 Å². The summed E-state index contributed by atoms with van der Waals surface area (Å²) in [6, 6.07) is 0.334. The molecule has 1 N–H and O–H groups in total. The molecule has 0 heterocycles. The zero-order valence-electron chi connectivity index (χ0n) is 9.28. The van der Waals surface area contributed by atoms with Crippen molar-refractivity contribution >= 4 is 0 Å². The highest BCUT2D eigenvalue weighted by Gasteiger charge is 2.02. The van der Waals surface area contributed by atoms with E-state index in [0.29, 0.717) is 6.04 Å². The average molecular weight is 179 g/mol. The van der Waals surface area contributed by atoms with Crippen LogP contribution in [-0.4, -0.2) is 13.1 Å². The van der Waals surface area contributed by atoms with Crippen LogP contribution in [0.2, 0.25) is 0 Å². The van der Waals surface area contributed by atoms with E-state index in [1.807, 2.05) is 14.0 Å². The molecule has 0 fully saturated rings. The van der Waals surface area contributed by atoms with Crippen molar-refractivity contribution in [1.82, 2.24) is 5.32 Å². The van der Waals surface area contributed by atoms with Crippen molar-refractivity contribution in [2.75, 3.05) is 7.05 Å². The van der Waals surface area contributed by atoms with Gasteiger partial charge in [-0.05, 0) is 38.5 Å². The van der Waals surface area contributed by atoms with Gasteiger partial charge in [0.25, 0.3) is 0 Å². The minimum absolute atomic E-state index is 0.334. The summed E-state index contributed by atoms with van der Waals surface area (Å²) < 4.78 is 0. The van der Waals surface area contributed by atoms with Crippen molar-refractivity contribution < 1.29 is 0 Å². The summed E-state index contributed by atoms with van der Waals surface area (Å²) in [7, 11) is 1.94. The molecule has 1 nitrogen and oxygen atoms in total. The largest absolute Gasteiger partial charge is 0.313 e. The molecule has 1 atom stereocenters. The normalized spacial score (nSPS) is 14.0. The molecule has 0 rings (SSSR count). The van der Waals surface area contributed by atoms with Crippen molar-refractivity contribution in [3.63, 3.8) is 0 Å².